The fourth-order valence-corrected chi connectivity index (χ4v) is 3.49. The molecular formula is C14H27NO. The first-order chi connectivity index (χ1) is 7.72. The average Bonchev–Trinajstić information content (AvgIpc) is 2.58. The molecule has 2 heterocycles. The Morgan fingerprint density at radius 1 is 1.06 bits per heavy atom. The quantitative estimate of drug-likeness (QED) is 0.681. The highest BCUT2D eigenvalue weighted by Crippen LogP contribution is 2.36. The molecule has 0 aliphatic carbocycles. The Hall–Kier alpha value is -0.0800. The fraction of sp³-hybridized carbons (Fsp3) is 1.00. The monoisotopic (exact) mass is 225 g/mol. The summed E-state index contributed by atoms with van der Waals surface area (Å²) in [5.74, 6) is 0. The van der Waals surface area contributed by atoms with Gasteiger partial charge in [-0.2, -0.15) is 0 Å². The summed E-state index contributed by atoms with van der Waals surface area (Å²) in [6.07, 6.45) is 12.1. The van der Waals surface area contributed by atoms with E-state index >= 15 is 0 Å². The zero-order valence-electron chi connectivity index (χ0n) is 10.7. The van der Waals surface area contributed by atoms with Gasteiger partial charge in [0.25, 0.3) is 0 Å². The molecule has 2 heteroatoms. The molecule has 2 aliphatic heterocycles. The van der Waals surface area contributed by atoms with Crippen molar-refractivity contribution in [1.29, 1.82) is 0 Å². The Morgan fingerprint density at radius 2 is 1.69 bits per heavy atom. The zero-order chi connectivity index (χ0) is 11.4. The van der Waals surface area contributed by atoms with E-state index in [2.05, 4.69) is 12.2 Å². The summed E-state index contributed by atoms with van der Waals surface area (Å²) in [6.45, 7) is 2.25. The van der Waals surface area contributed by atoms with Gasteiger partial charge in [-0.05, 0) is 32.1 Å². The van der Waals surface area contributed by atoms with E-state index in [1.165, 1.54) is 44.9 Å². The van der Waals surface area contributed by atoms with Gasteiger partial charge in [0.15, 0.2) is 0 Å². The molecule has 2 aliphatic rings. The molecule has 2 atom stereocenters. The Labute approximate surface area is 99.8 Å². The first kappa shape index (κ1) is 12.4. The van der Waals surface area contributed by atoms with Gasteiger partial charge in [0.2, 0.25) is 0 Å². The van der Waals surface area contributed by atoms with Gasteiger partial charge in [-0.3, -0.25) is 0 Å². The van der Waals surface area contributed by atoms with Gasteiger partial charge in [0, 0.05) is 12.1 Å². The molecule has 2 N–H and O–H groups in total. The highest BCUT2D eigenvalue weighted by atomic mass is 16.3. The SMILES string of the molecule is CCCCCCCC1(O)CC2CCC(C1)N2. The molecular weight excluding hydrogens is 198 g/mol. The van der Waals surface area contributed by atoms with Crippen molar-refractivity contribution in [2.75, 3.05) is 0 Å². The maximum atomic E-state index is 10.6. The molecule has 0 radical (unpaired) electrons. The summed E-state index contributed by atoms with van der Waals surface area (Å²) in [5.41, 5.74) is -0.330. The second-order valence-electron chi connectivity index (χ2n) is 5.93. The lowest BCUT2D eigenvalue weighted by atomic mass is 9.83. The predicted octanol–water partition coefficient (Wildman–Crippen LogP) is 2.99. The average molecular weight is 225 g/mol. The fourth-order valence-electron chi connectivity index (χ4n) is 3.49. The zero-order valence-corrected chi connectivity index (χ0v) is 10.7. The number of rotatable bonds is 6. The van der Waals surface area contributed by atoms with Crippen molar-refractivity contribution < 1.29 is 5.11 Å². The van der Waals surface area contributed by atoms with Gasteiger partial charge in [0.1, 0.15) is 0 Å². The van der Waals surface area contributed by atoms with E-state index in [0.29, 0.717) is 12.1 Å². The molecule has 2 unspecified atom stereocenters. The van der Waals surface area contributed by atoms with E-state index in [0.717, 1.165) is 19.3 Å². The molecule has 2 rings (SSSR count). The molecule has 2 bridgehead atoms. The molecule has 2 nitrogen and oxygen atoms in total. The van der Waals surface area contributed by atoms with Crippen LogP contribution in [0.5, 0.6) is 0 Å². The van der Waals surface area contributed by atoms with E-state index < -0.39 is 0 Å². The number of aliphatic hydroxyl groups is 1. The Kier molecular flexibility index (Phi) is 4.26. The molecule has 16 heavy (non-hydrogen) atoms. The van der Waals surface area contributed by atoms with Crippen LogP contribution in [0.15, 0.2) is 0 Å². The van der Waals surface area contributed by atoms with Gasteiger partial charge in [-0.25, -0.2) is 0 Å². The van der Waals surface area contributed by atoms with E-state index in [1.54, 1.807) is 0 Å². The molecule has 0 aromatic carbocycles. The first-order valence-electron chi connectivity index (χ1n) is 7.20. The molecule has 0 aromatic rings. The molecule has 2 fully saturated rings. The highest BCUT2D eigenvalue weighted by molar-refractivity contribution is 4.99. The third-order valence-corrected chi connectivity index (χ3v) is 4.33. The molecule has 2 saturated heterocycles. The minimum Gasteiger partial charge on any atom is -0.390 e. The molecule has 0 spiro atoms. The maximum absolute atomic E-state index is 10.6. The van der Waals surface area contributed by atoms with Crippen LogP contribution in [0.2, 0.25) is 0 Å². The molecule has 0 saturated carbocycles. The van der Waals surface area contributed by atoms with Crippen LogP contribution in [-0.2, 0) is 0 Å². The summed E-state index contributed by atoms with van der Waals surface area (Å²) in [7, 11) is 0. The predicted molar refractivity (Wildman–Crippen MR) is 67.5 cm³/mol. The number of hydrogen-bond acceptors (Lipinski definition) is 2. The van der Waals surface area contributed by atoms with Gasteiger partial charge in [-0.1, -0.05) is 39.0 Å². The number of nitrogens with one attached hydrogen (secondary N) is 1. The maximum Gasteiger partial charge on any atom is 0.0677 e. The summed E-state index contributed by atoms with van der Waals surface area (Å²) < 4.78 is 0. The summed E-state index contributed by atoms with van der Waals surface area (Å²) >= 11 is 0. The van der Waals surface area contributed by atoms with E-state index in [9.17, 15) is 5.11 Å². The highest BCUT2D eigenvalue weighted by Gasteiger charge is 2.41. The third-order valence-electron chi connectivity index (χ3n) is 4.33. The van der Waals surface area contributed by atoms with Crippen LogP contribution in [0.25, 0.3) is 0 Å². The van der Waals surface area contributed by atoms with Crippen molar-refractivity contribution in [3.05, 3.63) is 0 Å². The Balaban J connectivity index is 1.67. The minimum absolute atomic E-state index is 0.330. The molecule has 0 amide bonds. The smallest absolute Gasteiger partial charge is 0.0677 e. The number of hydrogen-bond donors (Lipinski definition) is 2. The normalized spacial score (nSPS) is 37.9. The van der Waals surface area contributed by atoms with Crippen molar-refractivity contribution in [2.45, 2.75) is 88.8 Å². The summed E-state index contributed by atoms with van der Waals surface area (Å²) in [5, 5.41) is 14.2. The van der Waals surface area contributed by atoms with Crippen LogP contribution in [0, 0.1) is 0 Å². The van der Waals surface area contributed by atoms with Crippen molar-refractivity contribution in [3.63, 3.8) is 0 Å². The number of unbranched alkanes of at least 4 members (excludes halogenated alkanes) is 4. The standard InChI is InChI=1S/C14H27NO/c1-2-3-4-5-6-9-14(16)10-12-7-8-13(11-14)15-12/h12-13,15-16H,2-11H2,1H3. The largest absolute Gasteiger partial charge is 0.390 e. The van der Waals surface area contributed by atoms with Crippen LogP contribution < -0.4 is 5.32 Å². The minimum atomic E-state index is -0.330. The van der Waals surface area contributed by atoms with E-state index in [4.69, 9.17) is 0 Å². The van der Waals surface area contributed by atoms with Crippen LogP contribution in [-0.4, -0.2) is 22.8 Å². The van der Waals surface area contributed by atoms with E-state index in [-0.39, 0.29) is 5.60 Å². The van der Waals surface area contributed by atoms with Crippen LogP contribution in [0.1, 0.15) is 71.1 Å². The third kappa shape index (κ3) is 3.21. The van der Waals surface area contributed by atoms with Gasteiger partial charge >= 0.3 is 0 Å². The van der Waals surface area contributed by atoms with Crippen LogP contribution >= 0.6 is 0 Å². The van der Waals surface area contributed by atoms with Gasteiger partial charge in [-0.15, -0.1) is 0 Å². The van der Waals surface area contributed by atoms with Crippen molar-refractivity contribution in [1.82, 2.24) is 5.32 Å². The summed E-state index contributed by atoms with van der Waals surface area (Å²) in [6, 6.07) is 1.22. The topological polar surface area (TPSA) is 32.3 Å². The Bertz CT molecular complexity index is 205. The van der Waals surface area contributed by atoms with Crippen molar-refractivity contribution in [2.24, 2.45) is 0 Å². The second-order valence-corrected chi connectivity index (χ2v) is 5.93. The number of piperidine rings is 1. The second kappa shape index (κ2) is 5.50. The molecule has 0 aromatic heterocycles. The summed E-state index contributed by atoms with van der Waals surface area (Å²) in [4.78, 5) is 0. The van der Waals surface area contributed by atoms with Crippen molar-refractivity contribution >= 4 is 0 Å². The van der Waals surface area contributed by atoms with E-state index in [1.807, 2.05) is 0 Å². The lowest BCUT2D eigenvalue weighted by molar-refractivity contribution is -0.0159. The van der Waals surface area contributed by atoms with Crippen LogP contribution in [0.4, 0.5) is 0 Å². The van der Waals surface area contributed by atoms with Gasteiger partial charge < -0.3 is 10.4 Å². The van der Waals surface area contributed by atoms with Crippen molar-refractivity contribution in [3.8, 4) is 0 Å². The van der Waals surface area contributed by atoms with Gasteiger partial charge in [0.05, 0.1) is 5.60 Å². The van der Waals surface area contributed by atoms with Crippen LogP contribution in [0.3, 0.4) is 0 Å². The first-order valence-corrected chi connectivity index (χ1v) is 7.20. The lowest BCUT2D eigenvalue weighted by Gasteiger charge is -2.37. The lowest BCUT2D eigenvalue weighted by Crippen LogP contribution is -2.48. The molecule has 94 valence electrons. The Morgan fingerprint density at radius 3 is 2.31 bits per heavy atom. The number of fused-ring (bicyclic) bond motifs is 2.